The topological polar surface area (TPSA) is 55.4 Å². The second-order valence-electron chi connectivity index (χ2n) is 7.02. The van der Waals surface area contributed by atoms with Gasteiger partial charge in [-0.25, -0.2) is 0 Å². The van der Waals surface area contributed by atoms with Crippen molar-refractivity contribution in [1.82, 2.24) is 5.32 Å². The van der Waals surface area contributed by atoms with Gasteiger partial charge in [0.05, 0.1) is 12.9 Å². The molecule has 1 aromatic rings. The summed E-state index contributed by atoms with van der Waals surface area (Å²) in [5.41, 5.74) is 1.62. The molecule has 1 aromatic carbocycles. The minimum Gasteiger partial charge on any atom is -0.496 e. The number of carbonyl (C=O) groups is 2. The molecular formula is C20H29NO3S. The summed E-state index contributed by atoms with van der Waals surface area (Å²) in [7, 11) is 1.62. The van der Waals surface area contributed by atoms with Crippen molar-refractivity contribution >= 4 is 23.5 Å². The zero-order valence-corrected chi connectivity index (χ0v) is 16.4. The molecule has 5 heteroatoms. The Hall–Kier alpha value is -1.49. The maximum Gasteiger partial charge on any atom is 0.230 e. The lowest BCUT2D eigenvalue weighted by atomic mass is 9.78. The van der Waals surface area contributed by atoms with E-state index in [0.717, 1.165) is 17.7 Å². The van der Waals surface area contributed by atoms with E-state index in [9.17, 15) is 9.59 Å². The van der Waals surface area contributed by atoms with Crippen molar-refractivity contribution in [3.05, 3.63) is 29.3 Å². The van der Waals surface area contributed by atoms with Gasteiger partial charge in [-0.15, -0.1) is 11.8 Å². The van der Waals surface area contributed by atoms with E-state index in [1.807, 2.05) is 12.1 Å². The highest BCUT2D eigenvalue weighted by atomic mass is 32.2. The van der Waals surface area contributed by atoms with Gasteiger partial charge in [0.1, 0.15) is 5.75 Å². The molecule has 0 saturated heterocycles. The molecule has 0 heterocycles. The lowest BCUT2D eigenvalue weighted by Gasteiger charge is -2.34. The predicted octanol–water partition coefficient (Wildman–Crippen LogP) is 4.07. The third-order valence-electron chi connectivity index (χ3n) is 5.23. The average molecular weight is 364 g/mol. The van der Waals surface area contributed by atoms with Crippen LogP contribution in [0.5, 0.6) is 5.75 Å². The highest BCUT2D eigenvalue weighted by molar-refractivity contribution is 7.99. The van der Waals surface area contributed by atoms with Crippen LogP contribution in [0.1, 0.15) is 56.0 Å². The Kier molecular flexibility index (Phi) is 7.36. The fourth-order valence-corrected chi connectivity index (χ4v) is 4.21. The van der Waals surface area contributed by atoms with Crippen LogP contribution in [0.3, 0.4) is 0 Å². The molecule has 0 unspecified atom stereocenters. The van der Waals surface area contributed by atoms with Crippen molar-refractivity contribution in [2.45, 2.75) is 51.8 Å². The molecule has 4 nitrogen and oxygen atoms in total. The Morgan fingerprint density at radius 1 is 1.28 bits per heavy atom. The summed E-state index contributed by atoms with van der Waals surface area (Å²) in [6, 6.07) is 5.75. The van der Waals surface area contributed by atoms with Crippen molar-refractivity contribution in [1.29, 1.82) is 0 Å². The number of hydrogen-bond donors (Lipinski definition) is 1. The monoisotopic (exact) mass is 363 g/mol. The number of methoxy groups -OCH3 is 1. The van der Waals surface area contributed by atoms with E-state index in [1.54, 1.807) is 31.9 Å². The van der Waals surface area contributed by atoms with Gasteiger partial charge in [0, 0.05) is 22.9 Å². The molecule has 0 radical (unpaired) electrons. The standard InChI is InChI=1S/C20H29NO3S/c1-13-6-5-7-18(14(13)2)21-20(23)12-25-11-17-10-16(15(3)22)8-9-19(17)24-4/h8-10,13-14,18H,5-7,11-12H2,1-4H3,(H,21,23)/t13-,14+,18+/m0/s1. The van der Waals surface area contributed by atoms with Crippen LogP contribution in [0, 0.1) is 11.8 Å². The third kappa shape index (κ3) is 5.50. The second kappa shape index (κ2) is 9.27. The van der Waals surface area contributed by atoms with Crippen LogP contribution in [0.25, 0.3) is 0 Å². The van der Waals surface area contributed by atoms with Gasteiger partial charge in [-0.2, -0.15) is 0 Å². The molecule has 1 saturated carbocycles. The second-order valence-corrected chi connectivity index (χ2v) is 8.00. The zero-order chi connectivity index (χ0) is 18.4. The predicted molar refractivity (Wildman–Crippen MR) is 103 cm³/mol. The Labute approximate surface area is 155 Å². The minimum atomic E-state index is 0.0343. The highest BCUT2D eigenvalue weighted by Gasteiger charge is 2.27. The van der Waals surface area contributed by atoms with E-state index in [1.165, 1.54) is 12.8 Å². The van der Waals surface area contributed by atoms with Crippen LogP contribution in [0.4, 0.5) is 0 Å². The molecule has 0 aromatic heterocycles. The van der Waals surface area contributed by atoms with Gasteiger partial charge in [0.15, 0.2) is 5.78 Å². The Morgan fingerprint density at radius 2 is 2.04 bits per heavy atom. The van der Waals surface area contributed by atoms with Gasteiger partial charge < -0.3 is 10.1 Å². The molecule has 25 heavy (non-hydrogen) atoms. The van der Waals surface area contributed by atoms with Crippen LogP contribution in [0.15, 0.2) is 18.2 Å². The fraction of sp³-hybridized carbons (Fsp3) is 0.600. The number of nitrogens with one attached hydrogen (secondary N) is 1. The first-order chi connectivity index (χ1) is 11.9. The van der Waals surface area contributed by atoms with Crippen molar-refractivity contribution in [2.24, 2.45) is 11.8 Å². The maximum absolute atomic E-state index is 12.3. The number of carbonyl (C=O) groups excluding carboxylic acids is 2. The lowest BCUT2D eigenvalue weighted by Crippen LogP contribution is -2.44. The molecule has 0 aliphatic heterocycles. The Bertz CT molecular complexity index is 617. The van der Waals surface area contributed by atoms with E-state index in [-0.39, 0.29) is 11.7 Å². The van der Waals surface area contributed by atoms with Crippen molar-refractivity contribution < 1.29 is 14.3 Å². The SMILES string of the molecule is COc1ccc(C(C)=O)cc1CSCC(=O)N[C@@H]1CCC[C@H](C)[C@H]1C. The summed E-state index contributed by atoms with van der Waals surface area (Å²) in [5.74, 6) is 3.16. The van der Waals surface area contributed by atoms with Gasteiger partial charge in [0.25, 0.3) is 0 Å². The number of ketones is 1. The van der Waals surface area contributed by atoms with E-state index in [0.29, 0.717) is 34.9 Å². The molecule has 0 spiro atoms. The molecule has 138 valence electrons. The maximum atomic E-state index is 12.3. The molecular weight excluding hydrogens is 334 g/mol. The molecule has 1 aliphatic carbocycles. The zero-order valence-electron chi connectivity index (χ0n) is 15.6. The first-order valence-corrected chi connectivity index (χ1v) is 10.1. The number of rotatable bonds is 7. The molecule has 1 aliphatic rings. The van der Waals surface area contributed by atoms with Crippen LogP contribution in [-0.2, 0) is 10.5 Å². The Morgan fingerprint density at radius 3 is 2.72 bits per heavy atom. The third-order valence-corrected chi connectivity index (χ3v) is 6.21. The summed E-state index contributed by atoms with van der Waals surface area (Å²) in [5, 5.41) is 3.20. The highest BCUT2D eigenvalue weighted by Crippen LogP contribution is 2.30. The van der Waals surface area contributed by atoms with Gasteiger partial charge >= 0.3 is 0 Å². The number of hydrogen-bond acceptors (Lipinski definition) is 4. The molecule has 3 atom stereocenters. The first kappa shape index (κ1) is 19.8. The van der Waals surface area contributed by atoms with Gasteiger partial charge in [0.2, 0.25) is 5.91 Å². The summed E-state index contributed by atoms with van der Waals surface area (Å²) < 4.78 is 5.36. The van der Waals surface area contributed by atoms with E-state index in [4.69, 9.17) is 4.74 Å². The quantitative estimate of drug-likeness (QED) is 0.742. The number of thioether (sulfide) groups is 1. The van der Waals surface area contributed by atoms with E-state index in [2.05, 4.69) is 19.2 Å². The normalized spacial score (nSPS) is 23.1. The summed E-state index contributed by atoms with van der Waals surface area (Å²) in [6.45, 7) is 6.06. The Balaban J connectivity index is 1.86. The molecule has 1 fully saturated rings. The largest absolute Gasteiger partial charge is 0.496 e. The molecule has 0 bridgehead atoms. The summed E-state index contributed by atoms with van der Waals surface area (Å²) in [6.07, 6.45) is 3.53. The lowest BCUT2D eigenvalue weighted by molar-refractivity contribution is -0.120. The summed E-state index contributed by atoms with van der Waals surface area (Å²) in [4.78, 5) is 23.8. The molecule has 1 amide bonds. The number of ether oxygens (including phenoxy) is 1. The van der Waals surface area contributed by atoms with Crippen molar-refractivity contribution in [2.75, 3.05) is 12.9 Å². The first-order valence-electron chi connectivity index (χ1n) is 8.97. The van der Waals surface area contributed by atoms with Crippen LogP contribution in [0.2, 0.25) is 0 Å². The number of amides is 1. The van der Waals surface area contributed by atoms with Gasteiger partial charge in [-0.05, 0) is 43.4 Å². The van der Waals surface area contributed by atoms with E-state index < -0.39 is 0 Å². The number of Topliss-reactive ketones (excluding diaryl/α,β-unsaturated/α-hetero) is 1. The molecule has 1 N–H and O–H groups in total. The van der Waals surface area contributed by atoms with Gasteiger partial charge in [-0.3, -0.25) is 9.59 Å². The van der Waals surface area contributed by atoms with Crippen molar-refractivity contribution in [3.63, 3.8) is 0 Å². The summed E-state index contributed by atoms with van der Waals surface area (Å²) >= 11 is 1.55. The minimum absolute atomic E-state index is 0.0343. The molecule has 2 rings (SSSR count). The van der Waals surface area contributed by atoms with Crippen molar-refractivity contribution in [3.8, 4) is 5.75 Å². The van der Waals surface area contributed by atoms with E-state index >= 15 is 0 Å². The average Bonchev–Trinajstić information content (AvgIpc) is 2.58. The van der Waals surface area contributed by atoms with Crippen LogP contribution < -0.4 is 10.1 Å². The smallest absolute Gasteiger partial charge is 0.230 e. The fourth-order valence-electron chi connectivity index (χ4n) is 3.40. The number of benzene rings is 1. The van der Waals surface area contributed by atoms with Crippen LogP contribution >= 0.6 is 11.8 Å². The van der Waals surface area contributed by atoms with Gasteiger partial charge in [-0.1, -0.05) is 26.7 Å². The van der Waals surface area contributed by atoms with Crippen LogP contribution in [-0.4, -0.2) is 30.6 Å².